The highest BCUT2D eigenvalue weighted by Crippen LogP contribution is 2.09. The summed E-state index contributed by atoms with van der Waals surface area (Å²) in [6.45, 7) is 3.83. The van der Waals surface area contributed by atoms with Crippen LogP contribution in [0, 0.1) is 6.92 Å². The number of aryl methyl sites for hydroxylation is 1. The number of rotatable bonds is 3. The van der Waals surface area contributed by atoms with Gasteiger partial charge in [0.05, 0.1) is 6.61 Å². The van der Waals surface area contributed by atoms with Crippen LogP contribution >= 0.6 is 0 Å². The van der Waals surface area contributed by atoms with E-state index in [1.165, 1.54) is 0 Å². The first-order valence-electron chi connectivity index (χ1n) is 4.58. The van der Waals surface area contributed by atoms with Crippen LogP contribution in [0.4, 0.5) is 0 Å². The van der Waals surface area contributed by atoms with E-state index in [0.717, 1.165) is 11.9 Å². The summed E-state index contributed by atoms with van der Waals surface area (Å²) in [6, 6.07) is 1.74. The van der Waals surface area contributed by atoms with E-state index in [0.29, 0.717) is 6.61 Å². The molecule has 0 spiro atoms. The van der Waals surface area contributed by atoms with Gasteiger partial charge in [-0.1, -0.05) is 0 Å². The molecule has 5 nitrogen and oxygen atoms in total. The number of ether oxygens (including phenoxy) is 1. The van der Waals surface area contributed by atoms with Crippen LogP contribution in [0.2, 0.25) is 0 Å². The van der Waals surface area contributed by atoms with E-state index in [-0.39, 0.29) is 11.4 Å². The molecular weight excluding hydrogens is 194 g/mol. The van der Waals surface area contributed by atoms with E-state index in [1.54, 1.807) is 19.2 Å². The topological polar surface area (TPSA) is 78.1 Å². The first-order valence-corrected chi connectivity index (χ1v) is 4.58. The van der Waals surface area contributed by atoms with E-state index in [1.807, 2.05) is 6.92 Å². The average molecular weight is 207 g/mol. The summed E-state index contributed by atoms with van der Waals surface area (Å²) in [7, 11) is 0. The van der Waals surface area contributed by atoms with Crippen LogP contribution in [0.3, 0.4) is 0 Å². The van der Waals surface area contributed by atoms with E-state index < -0.39 is 5.97 Å². The van der Waals surface area contributed by atoms with Crippen molar-refractivity contribution in [1.29, 1.82) is 0 Å². The van der Waals surface area contributed by atoms with Gasteiger partial charge in [0, 0.05) is 18.1 Å². The molecule has 0 fully saturated rings. The van der Waals surface area contributed by atoms with E-state index >= 15 is 0 Å². The van der Waals surface area contributed by atoms with Crippen LogP contribution in [0.15, 0.2) is 18.5 Å². The molecule has 0 aliphatic carbocycles. The zero-order chi connectivity index (χ0) is 11.3. The molecule has 80 valence electrons. The van der Waals surface area contributed by atoms with Crippen molar-refractivity contribution in [3.05, 3.63) is 30.0 Å². The summed E-state index contributed by atoms with van der Waals surface area (Å²) >= 11 is 0. The third-order valence-electron chi connectivity index (χ3n) is 1.70. The van der Waals surface area contributed by atoms with Gasteiger partial charge in [0.15, 0.2) is 5.82 Å². The molecule has 15 heavy (non-hydrogen) atoms. The molecule has 0 amide bonds. The fourth-order valence-corrected chi connectivity index (χ4v) is 1.02. The fourth-order valence-electron chi connectivity index (χ4n) is 1.02. The lowest BCUT2D eigenvalue weighted by Gasteiger charge is -2.04. The summed E-state index contributed by atoms with van der Waals surface area (Å²) in [5.74, 6) is -0.221. The van der Waals surface area contributed by atoms with Gasteiger partial charge in [0.25, 0.3) is 0 Å². The largest absolute Gasteiger partial charge is 0.462 e. The normalized spacial score (nSPS) is 11.2. The van der Waals surface area contributed by atoms with Crippen molar-refractivity contribution in [2.45, 2.75) is 13.8 Å². The van der Waals surface area contributed by atoms with Crippen molar-refractivity contribution in [1.82, 2.24) is 9.97 Å². The van der Waals surface area contributed by atoms with Gasteiger partial charge in [0.2, 0.25) is 0 Å². The van der Waals surface area contributed by atoms with Crippen LogP contribution in [0.25, 0.3) is 5.57 Å². The first-order chi connectivity index (χ1) is 7.19. The van der Waals surface area contributed by atoms with Crippen LogP contribution in [0.5, 0.6) is 0 Å². The van der Waals surface area contributed by atoms with Crippen LogP contribution in [-0.2, 0) is 9.53 Å². The molecule has 1 aromatic heterocycles. The number of esters is 1. The average Bonchev–Trinajstić information content (AvgIpc) is 2.19. The molecule has 1 aromatic rings. The van der Waals surface area contributed by atoms with Gasteiger partial charge < -0.3 is 10.5 Å². The van der Waals surface area contributed by atoms with Crippen LogP contribution in [0.1, 0.15) is 18.4 Å². The summed E-state index contributed by atoms with van der Waals surface area (Å²) in [4.78, 5) is 19.5. The van der Waals surface area contributed by atoms with Crippen molar-refractivity contribution >= 4 is 11.5 Å². The molecule has 0 saturated carbocycles. The molecule has 0 radical (unpaired) electrons. The zero-order valence-corrected chi connectivity index (χ0v) is 8.73. The van der Waals surface area contributed by atoms with Gasteiger partial charge in [-0.3, -0.25) is 0 Å². The van der Waals surface area contributed by atoms with Crippen molar-refractivity contribution in [3.63, 3.8) is 0 Å². The Bertz CT molecular complexity index is 388. The van der Waals surface area contributed by atoms with E-state index in [9.17, 15) is 4.79 Å². The Balaban J connectivity index is 2.99. The quantitative estimate of drug-likeness (QED) is 0.581. The molecule has 2 N–H and O–H groups in total. The van der Waals surface area contributed by atoms with Crippen molar-refractivity contribution in [2.75, 3.05) is 6.61 Å². The van der Waals surface area contributed by atoms with E-state index in [4.69, 9.17) is 10.5 Å². The lowest BCUT2D eigenvalue weighted by atomic mass is 10.2. The summed E-state index contributed by atoms with van der Waals surface area (Å²) < 4.78 is 4.82. The van der Waals surface area contributed by atoms with Gasteiger partial charge in [0.1, 0.15) is 5.57 Å². The maximum Gasteiger partial charge on any atom is 0.343 e. The predicted octanol–water partition coefficient (Wildman–Crippen LogP) is 0.648. The van der Waals surface area contributed by atoms with Gasteiger partial charge >= 0.3 is 5.97 Å². The van der Waals surface area contributed by atoms with Crippen LogP contribution in [-0.4, -0.2) is 22.5 Å². The minimum Gasteiger partial charge on any atom is -0.462 e. The van der Waals surface area contributed by atoms with E-state index in [2.05, 4.69) is 9.97 Å². The summed E-state index contributed by atoms with van der Waals surface area (Å²) in [6.07, 6.45) is 2.73. The minimum absolute atomic E-state index is 0.181. The second-order valence-electron chi connectivity index (χ2n) is 2.82. The summed E-state index contributed by atoms with van der Waals surface area (Å²) in [5.41, 5.74) is 6.29. The number of hydrogen-bond acceptors (Lipinski definition) is 5. The minimum atomic E-state index is -0.509. The molecule has 0 aliphatic rings. The van der Waals surface area contributed by atoms with Gasteiger partial charge in [-0.05, 0) is 19.9 Å². The first kappa shape index (κ1) is 11.2. The SMILES string of the molecule is CCOC(=O)/C(=C/N)c1nccc(C)n1. The molecule has 1 rings (SSSR count). The standard InChI is InChI=1S/C10H13N3O2/c1-3-15-10(14)8(6-11)9-12-5-4-7(2)13-9/h4-6H,3,11H2,1-2H3/b8-6+. The highest BCUT2D eigenvalue weighted by molar-refractivity contribution is 6.15. The number of nitrogens with two attached hydrogens (primary N) is 1. The third kappa shape index (κ3) is 2.77. The molecule has 0 atom stereocenters. The fraction of sp³-hybridized carbons (Fsp3) is 0.300. The molecule has 0 unspecified atom stereocenters. The summed E-state index contributed by atoms with van der Waals surface area (Å²) in [5, 5.41) is 0. The molecule has 0 bridgehead atoms. The van der Waals surface area contributed by atoms with Gasteiger partial charge in [-0.2, -0.15) is 0 Å². The molecule has 0 saturated heterocycles. The van der Waals surface area contributed by atoms with Crippen molar-refractivity contribution in [3.8, 4) is 0 Å². The Kier molecular flexibility index (Phi) is 3.79. The number of carbonyl (C=O) groups excluding carboxylic acids is 1. The lowest BCUT2D eigenvalue weighted by molar-refractivity contribution is -0.136. The van der Waals surface area contributed by atoms with Crippen molar-refractivity contribution in [2.24, 2.45) is 5.73 Å². The number of nitrogens with zero attached hydrogens (tertiary/aromatic N) is 2. The molecule has 1 heterocycles. The maximum absolute atomic E-state index is 11.4. The molecule has 0 aliphatic heterocycles. The Morgan fingerprint density at radius 3 is 2.93 bits per heavy atom. The van der Waals surface area contributed by atoms with Crippen molar-refractivity contribution < 1.29 is 9.53 Å². The lowest BCUT2D eigenvalue weighted by Crippen LogP contribution is -2.11. The smallest absolute Gasteiger partial charge is 0.343 e. The zero-order valence-electron chi connectivity index (χ0n) is 8.73. The second kappa shape index (κ2) is 5.09. The van der Waals surface area contributed by atoms with Crippen LogP contribution < -0.4 is 5.73 Å². The van der Waals surface area contributed by atoms with Gasteiger partial charge in [-0.15, -0.1) is 0 Å². The Morgan fingerprint density at radius 2 is 2.40 bits per heavy atom. The predicted molar refractivity (Wildman–Crippen MR) is 55.6 cm³/mol. The highest BCUT2D eigenvalue weighted by Gasteiger charge is 2.15. The molecule has 0 aromatic carbocycles. The molecular formula is C10H13N3O2. The van der Waals surface area contributed by atoms with Gasteiger partial charge in [-0.25, -0.2) is 14.8 Å². The second-order valence-corrected chi connectivity index (χ2v) is 2.82. The molecule has 5 heteroatoms. The Labute approximate surface area is 88.0 Å². The maximum atomic E-state index is 11.4. The highest BCUT2D eigenvalue weighted by atomic mass is 16.5. The number of aromatic nitrogens is 2. The Morgan fingerprint density at radius 1 is 1.67 bits per heavy atom. The Hall–Kier alpha value is -1.91. The third-order valence-corrected chi connectivity index (χ3v) is 1.70. The number of hydrogen-bond donors (Lipinski definition) is 1. The number of carbonyl (C=O) groups is 1. The monoisotopic (exact) mass is 207 g/mol.